The van der Waals surface area contributed by atoms with Gasteiger partial charge in [0.15, 0.2) is 0 Å². The van der Waals surface area contributed by atoms with Gasteiger partial charge in [-0.05, 0) is 29.8 Å². The summed E-state index contributed by atoms with van der Waals surface area (Å²) in [5.74, 6) is 0.693. The number of methoxy groups -OCH3 is 1. The highest BCUT2D eigenvalue weighted by Gasteiger charge is 2.43. The van der Waals surface area contributed by atoms with Crippen LogP contribution >= 0.6 is 11.6 Å². The zero-order valence-electron chi connectivity index (χ0n) is 14.5. The summed E-state index contributed by atoms with van der Waals surface area (Å²) in [4.78, 5) is 2.20. The second kappa shape index (κ2) is 6.67. The minimum atomic E-state index is -1.12. The molecule has 0 amide bonds. The molecule has 0 aliphatic carbocycles. The van der Waals surface area contributed by atoms with Gasteiger partial charge in [-0.2, -0.15) is 0 Å². The highest BCUT2D eigenvalue weighted by Crippen LogP contribution is 2.46. The Kier molecular flexibility index (Phi) is 4.35. The zero-order valence-corrected chi connectivity index (χ0v) is 15.3. The topological polar surface area (TPSA) is 32.7 Å². The normalized spacial score (nSPS) is 18.7. The largest absolute Gasteiger partial charge is 0.496 e. The molecule has 3 aromatic carbocycles. The lowest BCUT2D eigenvalue weighted by Gasteiger charge is -2.27. The first-order valence-electron chi connectivity index (χ1n) is 8.56. The molecule has 132 valence electrons. The van der Waals surface area contributed by atoms with Gasteiger partial charge >= 0.3 is 0 Å². The maximum absolute atomic E-state index is 11.7. The summed E-state index contributed by atoms with van der Waals surface area (Å²) in [6, 6.07) is 23.5. The van der Waals surface area contributed by atoms with Gasteiger partial charge in [0.2, 0.25) is 0 Å². The van der Waals surface area contributed by atoms with E-state index in [2.05, 4.69) is 11.0 Å². The lowest BCUT2D eigenvalue weighted by Crippen LogP contribution is -2.34. The molecule has 0 radical (unpaired) electrons. The van der Waals surface area contributed by atoms with Crippen molar-refractivity contribution >= 4 is 17.3 Å². The summed E-state index contributed by atoms with van der Waals surface area (Å²) in [5.41, 5.74) is 2.76. The van der Waals surface area contributed by atoms with Crippen LogP contribution in [-0.2, 0) is 12.1 Å². The van der Waals surface area contributed by atoms with Gasteiger partial charge in [-0.3, -0.25) is 0 Å². The summed E-state index contributed by atoms with van der Waals surface area (Å²) >= 11 is 6.00. The Bertz CT molecular complexity index is 925. The van der Waals surface area contributed by atoms with Gasteiger partial charge < -0.3 is 14.7 Å². The molecule has 4 heteroatoms. The van der Waals surface area contributed by atoms with Crippen LogP contribution in [0.5, 0.6) is 5.75 Å². The van der Waals surface area contributed by atoms with E-state index in [9.17, 15) is 5.11 Å². The van der Waals surface area contributed by atoms with E-state index in [0.29, 0.717) is 18.8 Å². The highest BCUT2D eigenvalue weighted by molar-refractivity contribution is 6.30. The van der Waals surface area contributed by atoms with Gasteiger partial charge in [0.05, 0.1) is 13.7 Å². The Morgan fingerprint density at radius 1 is 0.962 bits per heavy atom. The van der Waals surface area contributed by atoms with Gasteiger partial charge in [0.25, 0.3) is 0 Å². The first kappa shape index (κ1) is 17.0. The fraction of sp³-hybridized carbons (Fsp3) is 0.182. The summed E-state index contributed by atoms with van der Waals surface area (Å²) in [6.45, 7) is 1.17. The van der Waals surface area contributed by atoms with E-state index in [1.807, 2.05) is 66.7 Å². The zero-order chi connectivity index (χ0) is 18.1. The van der Waals surface area contributed by atoms with E-state index < -0.39 is 5.60 Å². The van der Waals surface area contributed by atoms with Crippen molar-refractivity contribution in [3.8, 4) is 5.75 Å². The van der Waals surface area contributed by atoms with Crippen molar-refractivity contribution in [3.63, 3.8) is 0 Å². The number of β-amino-alcohol motifs (C(OH)–C–C–N with tert-alkyl or cyclic N) is 1. The lowest BCUT2D eigenvalue weighted by atomic mass is 9.87. The number of halogens is 1. The molecule has 0 bridgehead atoms. The molecule has 0 spiro atoms. The fourth-order valence-corrected chi connectivity index (χ4v) is 3.84. The molecule has 0 saturated heterocycles. The van der Waals surface area contributed by atoms with E-state index in [1.54, 1.807) is 7.11 Å². The number of hydrogen-bond acceptors (Lipinski definition) is 3. The number of ether oxygens (including phenoxy) is 1. The minimum absolute atomic E-state index is 0.468. The van der Waals surface area contributed by atoms with Gasteiger partial charge in [-0.15, -0.1) is 0 Å². The van der Waals surface area contributed by atoms with E-state index in [4.69, 9.17) is 16.3 Å². The van der Waals surface area contributed by atoms with Gasteiger partial charge in [0, 0.05) is 28.4 Å². The Labute approximate surface area is 158 Å². The Balaban J connectivity index is 1.75. The standard InChI is InChI=1S/C22H20ClNO2/c1-26-21-9-5-3-7-19(21)22(25)15-24(20-8-4-2-6-18(20)22)14-16-10-12-17(23)13-11-16/h2-13,25H,14-15H2,1H3. The first-order valence-corrected chi connectivity index (χ1v) is 8.94. The predicted molar refractivity (Wildman–Crippen MR) is 105 cm³/mol. The number of fused-ring (bicyclic) bond motifs is 1. The number of hydrogen-bond donors (Lipinski definition) is 1. The van der Waals surface area contributed by atoms with Crippen molar-refractivity contribution in [2.24, 2.45) is 0 Å². The van der Waals surface area contributed by atoms with Crippen LogP contribution in [0.25, 0.3) is 0 Å². The summed E-state index contributed by atoms with van der Waals surface area (Å²) in [7, 11) is 1.63. The van der Waals surface area contributed by atoms with Crippen molar-refractivity contribution in [2.45, 2.75) is 12.1 Å². The molecule has 1 unspecified atom stereocenters. The average molecular weight is 366 g/mol. The minimum Gasteiger partial charge on any atom is -0.496 e. The van der Waals surface area contributed by atoms with E-state index in [0.717, 1.165) is 27.4 Å². The third-order valence-corrected chi connectivity index (χ3v) is 5.20. The summed E-state index contributed by atoms with van der Waals surface area (Å²) < 4.78 is 5.51. The number of para-hydroxylation sites is 2. The molecule has 3 nitrogen and oxygen atoms in total. The molecule has 26 heavy (non-hydrogen) atoms. The van der Waals surface area contributed by atoms with Crippen molar-refractivity contribution in [1.82, 2.24) is 0 Å². The average Bonchev–Trinajstić information content (AvgIpc) is 2.97. The van der Waals surface area contributed by atoms with Crippen LogP contribution in [0.2, 0.25) is 5.02 Å². The van der Waals surface area contributed by atoms with Crippen LogP contribution in [0.3, 0.4) is 0 Å². The monoisotopic (exact) mass is 365 g/mol. The second-order valence-corrected chi connectivity index (χ2v) is 7.00. The number of benzene rings is 3. The van der Waals surface area contributed by atoms with Gasteiger partial charge in [-0.25, -0.2) is 0 Å². The van der Waals surface area contributed by atoms with Crippen LogP contribution in [0.15, 0.2) is 72.8 Å². The molecule has 3 aromatic rings. The van der Waals surface area contributed by atoms with Crippen LogP contribution in [-0.4, -0.2) is 18.8 Å². The smallest absolute Gasteiger partial charge is 0.138 e. The molecular weight excluding hydrogens is 346 g/mol. The number of aliphatic hydroxyl groups is 1. The summed E-state index contributed by atoms with van der Waals surface area (Å²) in [6.07, 6.45) is 0. The molecule has 4 rings (SSSR count). The highest BCUT2D eigenvalue weighted by atomic mass is 35.5. The van der Waals surface area contributed by atoms with Crippen LogP contribution in [0, 0.1) is 0 Å². The first-order chi connectivity index (χ1) is 12.6. The second-order valence-electron chi connectivity index (χ2n) is 6.56. The Hall–Kier alpha value is -2.49. The maximum Gasteiger partial charge on any atom is 0.138 e. The van der Waals surface area contributed by atoms with Crippen molar-refractivity contribution in [2.75, 3.05) is 18.6 Å². The SMILES string of the molecule is COc1ccccc1C1(O)CN(Cc2ccc(Cl)cc2)c2ccccc21. The van der Waals surface area contributed by atoms with E-state index in [-0.39, 0.29) is 0 Å². The maximum atomic E-state index is 11.7. The van der Waals surface area contributed by atoms with Crippen molar-refractivity contribution < 1.29 is 9.84 Å². The van der Waals surface area contributed by atoms with Crippen molar-refractivity contribution in [1.29, 1.82) is 0 Å². The lowest BCUT2D eigenvalue weighted by molar-refractivity contribution is 0.0946. The molecule has 1 atom stereocenters. The van der Waals surface area contributed by atoms with Gasteiger partial charge in [0.1, 0.15) is 11.4 Å². The molecule has 0 saturated carbocycles. The van der Waals surface area contributed by atoms with Gasteiger partial charge in [-0.1, -0.05) is 60.1 Å². The number of nitrogens with zero attached hydrogens (tertiary/aromatic N) is 1. The molecule has 1 aliphatic heterocycles. The molecule has 1 N–H and O–H groups in total. The third-order valence-electron chi connectivity index (χ3n) is 4.95. The van der Waals surface area contributed by atoms with E-state index in [1.165, 1.54) is 0 Å². The quantitative estimate of drug-likeness (QED) is 0.733. The Morgan fingerprint density at radius 3 is 2.35 bits per heavy atom. The van der Waals surface area contributed by atoms with Crippen molar-refractivity contribution in [3.05, 3.63) is 94.5 Å². The third kappa shape index (κ3) is 2.83. The molecule has 1 aliphatic rings. The molecular formula is C22H20ClNO2. The number of anilines is 1. The molecule has 1 heterocycles. The fourth-order valence-electron chi connectivity index (χ4n) is 3.71. The van der Waals surface area contributed by atoms with Crippen LogP contribution in [0.4, 0.5) is 5.69 Å². The van der Waals surface area contributed by atoms with E-state index >= 15 is 0 Å². The summed E-state index contributed by atoms with van der Waals surface area (Å²) in [5, 5.41) is 12.4. The Morgan fingerprint density at radius 2 is 1.62 bits per heavy atom. The van der Waals surface area contributed by atoms with Crippen LogP contribution < -0.4 is 9.64 Å². The molecule has 0 aromatic heterocycles. The number of rotatable bonds is 4. The predicted octanol–water partition coefficient (Wildman–Crippen LogP) is 4.60. The molecule has 0 fully saturated rings. The van der Waals surface area contributed by atoms with Crippen LogP contribution in [0.1, 0.15) is 16.7 Å².